The molecule has 1 saturated heterocycles. The molecule has 1 aliphatic heterocycles. The molecule has 86 valence electrons. The molecule has 0 aromatic rings. The lowest BCUT2D eigenvalue weighted by molar-refractivity contribution is -0.122. The third-order valence-electron chi connectivity index (χ3n) is 4.12. The summed E-state index contributed by atoms with van der Waals surface area (Å²) in [6, 6.07) is 0.572. The molecule has 0 amide bonds. The lowest BCUT2D eigenvalue weighted by Crippen LogP contribution is -2.45. The molecule has 2 nitrogen and oxygen atoms in total. The van der Waals surface area contributed by atoms with Gasteiger partial charge in [-0.25, -0.2) is 0 Å². The van der Waals surface area contributed by atoms with Crippen molar-refractivity contribution in [3.8, 4) is 0 Å². The Morgan fingerprint density at radius 2 is 1.93 bits per heavy atom. The molecule has 0 radical (unpaired) electrons. The van der Waals surface area contributed by atoms with Gasteiger partial charge in [-0.15, -0.1) is 0 Å². The SMILES string of the molecule is CC1(C)CCN(C2CCCC(=O)C2)CC1. The van der Waals surface area contributed by atoms with E-state index >= 15 is 0 Å². The van der Waals surface area contributed by atoms with Gasteiger partial charge in [0.2, 0.25) is 0 Å². The quantitative estimate of drug-likeness (QED) is 0.661. The summed E-state index contributed by atoms with van der Waals surface area (Å²) in [5.41, 5.74) is 0.523. The van der Waals surface area contributed by atoms with Crippen LogP contribution in [0.25, 0.3) is 0 Å². The summed E-state index contributed by atoms with van der Waals surface area (Å²) >= 11 is 0. The van der Waals surface area contributed by atoms with Gasteiger partial charge in [-0.1, -0.05) is 13.8 Å². The molecule has 2 aliphatic rings. The van der Waals surface area contributed by atoms with Gasteiger partial charge in [-0.05, 0) is 44.2 Å². The van der Waals surface area contributed by atoms with Crippen molar-refractivity contribution in [3.05, 3.63) is 0 Å². The number of hydrogen-bond acceptors (Lipinski definition) is 2. The van der Waals surface area contributed by atoms with Crippen molar-refractivity contribution in [3.63, 3.8) is 0 Å². The normalized spacial score (nSPS) is 32.9. The first-order valence-electron chi connectivity index (χ1n) is 6.33. The number of piperidine rings is 1. The number of carbonyl (C=O) groups is 1. The molecule has 0 bridgehead atoms. The van der Waals surface area contributed by atoms with Crippen LogP contribution in [0.2, 0.25) is 0 Å². The van der Waals surface area contributed by atoms with Crippen LogP contribution in [0, 0.1) is 5.41 Å². The molecule has 15 heavy (non-hydrogen) atoms. The molecule has 1 aliphatic carbocycles. The second-order valence-electron chi connectivity index (χ2n) is 5.99. The van der Waals surface area contributed by atoms with Gasteiger partial charge in [0.25, 0.3) is 0 Å². The number of hydrogen-bond donors (Lipinski definition) is 0. The van der Waals surface area contributed by atoms with Gasteiger partial charge in [0.1, 0.15) is 5.78 Å². The molecule has 1 heterocycles. The van der Waals surface area contributed by atoms with E-state index in [0.29, 0.717) is 17.2 Å². The smallest absolute Gasteiger partial charge is 0.134 e. The van der Waals surface area contributed by atoms with E-state index in [1.165, 1.54) is 32.4 Å². The van der Waals surface area contributed by atoms with E-state index in [1.54, 1.807) is 0 Å². The largest absolute Gasteiger partial charge is 0.300 e. The molecule has 1 unspecified atom stereocenters. The van der Waals surface area contributed by atoms with E-state index in [2.05, 4.69) is 18.7 Å². The van der Waals surface area contributed by atoms with Crippen molar-refractivity contribution in [1.82, 2.24) is 4.90 Å². The monoisotopic (exact) mass is 209 g/mol. The van der Waals surface area contributed by atoms with Crippen molar-refractivity contribution >= 4 is 5.78 Å². The maximum absolute atomic E-state index is 11.4. The zero-order valence-corrected chi connectivity index (χ0v) is 10.1. The summed E-state index contributed by atoms with van der Waals surface area (Å²) in [5, 5.41) is 0. The molecule has 0 spiro atoms. The minimum absolute atomic E-state index is 0.482. The second-order valence-corrected chi connectivity index (χ2v) is 5.99. The van der Waals surface area contributed by atoms with Crippen LogP contribution in [0.5, 0.6) is 0 Å². The van der Waals surface area contributed by atoms with Crippen LogP contribution in [0.3, 0.4) is 0 Å². The summed E-state index contributed by atoms with van der Waals surface area (Å²) in [6.45, 7) is 7.11. The average Bonchev–Trinajstić information content (AvgIpc) is 2.17. The number of nitrogens with zero attached hydrogens (tertiary/aromatic N) is 1. The van der Waals surface area contributed by atoms with Gasteiger partial charge in [0.15, 0.2) is 0 Å². The standard InChI is InChI=1S/C13H23NO/c1-13(2)6-8-14(9-7-13)11-4-3-5-12(15)10-11/h11H,3-10H2,1-2H3. The summed E-state index contributed by atoms with van der Waals surface area (Å²) in [6.07, 6.45) is 6.58. The third-order valence-corrected chi connectivity index (χ3v) is 4.12. The van der Waals surface area contributed by atoms with Crippen LogP contribution in [-0.2, 0) is 4.79 Å². The Kier molecular flexibility index (Phi) is 3.15. The molecule has 1 atom stereocenters. The molecule has 0 aromatic carbocycles. The zero-order valence-electron chi connectivity index (χ0n) is 10.1. The van der Waals surface area contributed by atoms with Crippen molar-refractivity contribution in [2.24, 2.45) is 5.41 Å². The van der Waals surface area contributed by atoms with Crippen molar-refractivity contribution in [2.45, 2.75) is 58.4 Å². The van der Waals surface area contributed by atoms with E-state index < -0.39 is 0 Å². The van der Waals surface area contributed by atoms with E-state index in [-0.39, 0.29) is 0 Å². The zero-order chi connectivity index (χ0) is 10.9. The maximum Gasteiger partial charge on any atom is 0.134 e. The topological polar surface area (TPSA) is 20.3 Å². The highest BCUT2D eigenvalue weighted by Crippen LogP contribution is 2.32. The molecule has 0 aromatic heterocycles. The minimum atomic E-state index is 0.482. The molecule has 0 N–H and O–H groups in total. The molecular formula is C13H23NO. The first kappa shape index (κ1) is 11.1. The van der Waals surface area contributed by atoms with Crippen LogP contribution in [-0.4, -0.2) is 29.8 Å². The maximum atomic E-state index is 11.4. The fraction of sp³-hybridized carbons (Fsp3) is 0.923. The number of rotatable bonds is 1. The van der Waals surface area contributed by atoms with E-state index in [4.69, 9.17) is 0 Å². The first-order chi connectivity index (χ1) is 7.07. The molecule has 1 saturated carbocycles. The van der Waals surface area contributed by atoms with Gasteiger partial charge in [-0.2, -0.15) is 0 Å². The lowest BCUT2D eigenvalue weighted by atomic mass is 9.81. The van der Waals surface area contributed by atoms with Gasteiger partial charge >= 0.3 is 0 Å². The highest BCUT2D eigenvalue weighted by Gasteiger charge is 2.31. The Labute approximate surface area is 93.0 Å². The number of likely N-dealkylation sites (tertiary alicyclic amines) is 1. The molecule has 2 fully saturated rings. The molecule has 2 rings (SSSR count). The molecule has 2 heteroatoms. The number of Topliss-reactive ketones (excluding diaryl/α,β-unsaturated/α-hetero) is 1. The predicted molar refractivity (Wildman–Crippen MR) is 61.9 cm³/mol. The predicted octanol–water partition coefficient (Wildman–Crippen LogP) is 2.62. The Balaban J connectivity index is 1.87. The van der Waals surface area contributed by atoms with Gasteiger partial charge < -0.3 is 0 Å². The Hall–Kier alpha value is -0.370. The highest BCUT2D eigenvalue weighted by molar-refractivity contribution is 5.79. The summed E-state index contributed by atoms with van der Waals surface area (Å²) in [7, 11) is 0. The van der Waals surface area contributed by atoms with E-state index in [1.807, 2.05) is 0 Å². The van der Waals surface area contributed by atoms with Gasteiger partial charge in [0, 0.05) is 18.9 Å². The van der Waals surface area contributed by atoms with E-state index in [9.17, 15) is 4.79 Å². The third kappa shape index (κ3) is 2.81. The Morgan fingerprint density at radius 1 is 1.27 bits per heavy atom. The summed E-state index contributed by atoms with van der Waals surface area (Å²) in [5.74, 6) is 0.482. The number of ketones is 1. The van der Waals surface area contributed by atoms with Crippen molar-refractivity contribution in [2.75, 3.05) is 13.1 Å². The Bertz CT molecular complexity index is 237. The lowest BCUT2D eigenvalue weighted by Gasteiger charge is -2.42. The minimum Gasteiger partial charge on any atom is -0.300 e. The highest BCUT2D eigenvalue weighted by atomic mass is 16.1. The van der Waals surface area contributed by atoms with Crippen LogP contribution in [0.15, 0.2) is 0 Å². The second kappa shape index (κ2) is 4.25. The van der Waals surface area contributed by atoms with Crippen LogP contribution >= 0.6 is 0 Å². The first-order valence-corrected chi connectivity index (χ1v) is 6.33. The van der Waals surface area contributed by atoms with Crippen LogP contribution in [0.1, 0.15) is 52.4 Å². The summed E-state index contributed by atoms with van der Waals surface area (Å²) in [4.78, 5) is 14.0. The van der Waals surface area contributed by atoms with Gasteiger partial charge in [0.05, 0.1) is 0 Å². The van der Waals surface area contributed by atoms with Gasteiger partial charge in [-0.3, -0.25) is 9.69 Å². The molecular weight excluding hydrogens is 186 g/mol. The van der Waals surface area contributed by atoms with Crippen LogP contribution in [0.4, 0.5) is 0 Å². The average molecular weight is 209 g/mol. The Morgan fingerprint density at radius 3 is 2.53 bits per heavy atom. The van der Waals surface area contributed by atoms with Crippen molar-refractivity contribution in [1.29, 1.82) is 0 Å². The fourth-order valence-electron chi connectivity index (χ4n) is 2.81. The van der Waals surface area contributed by atoms with Crippen LogP contribution < -0.4 is 0 Å². The summed E-state index contributed by atoms with van der Waals surface area (Å²) < 4.78 is 0. The fourth-order valence-corrected chi connectivity index (χ4v) is 2.81. The van der Waals surface area contributed by atoms with E-state index in [0.717, 1.165) is 19.3 Å². The number of carbonyl (C=O) groups excluding carboxylic acids is 1. The van der Waals surface area contributed by atoms with Crippen molar-refractivity contribution < 1.29 is 4.79 Å².